The Morgan fingerprint density at radius 3 is 0.571 bits per heavy atom. The molecule has 4 nitrogen and oxygen atoms in total. The van der Waals surface area contributed by atoms with Crippen LogP contribution < -0.4 is 22.9 Å². The molecule has 8 N–H and O–H groups in total. The molecule has 10 aromatic carbocycles. The summed E-state index contributed by atoms with van der Waals surface area (Å²) in [6.07, 6.45) is 0. The Balaban J connectivity index is 0.987. The molecule has 4 heteroatoms. The highest BCUT2D eigenvalue weighted by Gasteiger charge is 2.20. The minimum atomic E-state index is 0.688. The highest BCUT2D eigenvalue weighted by Crippen LogP contribution is 2.43. The summed E-state index contributed by atoms with van der Waals surface area (Å²) in [5, 5.41) is 0. The first-order valence-electron chi connectivity index (χ1n) is 24.1. The van der Waals surface area contributed by atoms with E-state index in [1.54, 1.807) is 0 Å². The molecule has 28 aliphatic rings. The molecule has 28 aliphatic carbocycles. The maximum Gasteiger partial charge on any atom is 0.0401 e. The van der Waals surface area contributed by atoms with Crippen LogP contribution >= 0.6 is 0 Å². The number of hydrogen-bond donors (Lipinski definition) is 4. The van der Waals surface area contributed by atoms with Crippen molar-refractivity contribution in [1.29, 1.82) is 0 Å². The molecule has 0 aliphatic heterocycles. The fourth-order valence-corrected chi connectivity index (χ4v) is 10.9. The number of hydrogen-bond acceptors (Lipinski definition) is 4. The van der Waals surface area contributed by atoms with Gasteiger partial charge in [0.2, 0.25) is 0 Å². The molecule has 340 valence electrons. The largest absolute Gasteiger partial charge is 0.398 e. The van der Waals surface area contributed by atoms with E-state index >= 15 is 0 Å². The number of rotatable bonds is 0. The lowest BCUT2D eigenvalue weighted by Crippen LogP contribution is -2.00. The van der Waals surface area contributed by atoms with Crippen LogP contribution in [-0.4, -0.2) is 0 Å². The van der Waals surface area contributed by atoms with Crippen LogP contribution in [0.3, 0.4) is 0 Å². The van der Waals surface area contributed by atoms with Gasteiger partial charge in [-0.15, -0.1) is 0 Å². The monoisotopic (exact) mass is 904 g/mol. The van der Waals surface area contributed by atoms with Crippen molar-refractivity contribution >= 4 is 22.7 Å². The average molecular weight is 905 g/mol. The lowest BCUT2D eigenvalue weighted by Gasteiger charge is -2.22. The van der Waals surface area contributed by atoms with Gasteiger partial charge in [0.25, 0.3) is 0 Å². The second-order valence-corrected chi connectivity index (χ2v) is 19.2. The van der Waals surface area contributed by atoms with Crippen LogP contribution in [0.15, 0.2) is 182 Å². The van der Waals surface area contributed by atoms with Crippen molar-refractivity contribution in [2.45, 2.75) is 41.5 Å². The summed E-state index contributed by atoms with van der Waals surface area (Å²) >= 11 is 0. The summed E-state index contributed by atoms with van der Waals surface area (Å²) < 4.78 is 0. The predicted octanol–water partition coefficient (Wildman–Crippen LogP) is 16.8. The van der Waals surface area contributed by atoms with Gasteiger partial charge < -0.3 is 22.9 Å². The van der Waals surface area contributed by atoms with Crippen molar-refractivity contribution in [3.8, 4) is 111 Å². The third-order valence-electron chi connectivity index (χ3n) is 15.3. The number of benzene rings is 10. The van der Waals surface area contributed by atoms with Crippen molar-refractivity contribution in [3.05, 3.63) is 215 Å². The fourth-order valence-electron chi connectivity index (χ4n) is 10.9. The molecule has 38 rings (SSSR count). The van der Waals surface area contributed by atoms with Crippen LogP contribution in [0.4, 0.5) is 22.7 Å². The Kier molecular flexibility index (Phi) is 10.8. The maximum atomic E-state index is 6.83. The first-order chi connectivity index (χ1) is 33.8. The molecule has 0 atom stereocenters. The Labute approximate surface area is 411 Å². The van der Waals surface area contributed by atoms with Crippen LogP contribution in [0.2, 0.25) is 0 Å². The second-order valence-electron chi connectivity index (χ2n) is 19.2. The molecular formula is C66H56N4. The van der Waals surface area contributed by atoms with Gasteiger partial charge in [-0.3, -0.25) is 0 Å². The van der Waals surface area contributed by atoms with E-state index in [9.17, 15) is 0 Å². The number of nitrogens with two attached hydrogens (primary N) is 4. The molecule has 0 saturated carbocycles. The zero-order chi connectivity index (χ0) is 48.5. The van der Waals surface area contributed by atoms with Gasteiger partial charge in [0, 0.05) is 45.0 Å². The molecular weight excluding hydrogens is 849 g/mol. The Bertz CT molecular complexity index is 3650. The molecule has 70 heavy (non-hydrogen) atoms. The van der Waals surface area contributed by atoms with E-state index < -0.39 is 0 Å². The molecule has 0 aromatic heterocycles. The highest BCUT2D eigenvalue weighted by molar-refractivity contribution is 5.92. The Morgan fingerprint density at radius 2 is 0.357 bits per heavy atom. The molecule has 20 bridgehead atoms. The van der Waals surface area contributed by atoms with Crippen LogP contribution in [0.1, 0.15) is 33.4 Å². The smallest absolute Gasteiger partial charge is 0.0401 e. The van der Waals surface area contributed by atoms with Crippen molar-refractivity contribution in [2.24, 2.45) is 0 Å². The lowest BCUT2D eigenvalue weighted by molar-refractivity contribution is 1.25. The van der Waals surface area contributed by atoms with Crippen molar-refractivity contribution < 1.29 is 0 Å². The Morgan fingerprint density at radius 1 is 0.186 bits per heavy atom. The van der Waals surface area contributed by atoms with E-state index in [0.29, 0.717) is 22.7 Å². The summed E-state index contributed by atoms with van der Waals surface area (Å²) in [7, 11) is 0. The normalized spacial score (nSPS) is 11.5. The molecule has 0 heterocycles. The first-order valence-corrected chi connectivity index (χ1v) is 24.1. The SMILES string of the molecule is Cc1c2ccc(c1C)-c1ccc(cc1)-c1cc(N)c(cc1N)-c1ccc(cc1)-c1ccc(cc1)-c1c(C)c(C)c(c(C)c1C)-c1ccc(cc1)-c1cc(N)c(cc1N)-c1ccc(cc1)-c1ccc-2cc1. The summed E-state index contributed by atoms with van der Waals surface area (Å²) in [5.74, 6) is 0. The number of nitrogen functional groups attached to an aromatic ring is 4. The van der Waals surface area contributed by atoms with Crippen LogP contribution in [0.25, 0.3) is 111 Å². The molecule has 0 radical (unpaired) electrons. The standard InChI is InChI=1S/C66H56N4/c1-37-38(2)56-32-31-55(37)47-15-7-43(8-16-47)44-9-17-49(18-10-44)58-34-64(70)60(36-62(58)68)52-25-29-54(30-26-52)66-41(5)39(3)65(40(4)42(66)6)53-27-13-46(14-28-53)45-11-19-50(20-12-45)57-33-63(69)59(35-61(57)67)51-23-21-48(56)22-24-51/h7-36H,67-70H2,1-6H3. The Hall–Kier alpha value is -8.60. The van der Waals surface area contributed by atoms with Gasteiger partial charge in [-0.2, -0.15) is 0 Å². The fraction of sp³-hybridized carbons (Fsp3) is 0.0909. The van der Waals surface area contributed by atoms with Crippen LogP contribution in [0.5, 0.6) is 0 Å². The lowest BCUT2D eigenvalue weighted by atomic mass is 9.83. The predicted molar refractivity (Wildman–Crippen MR) is 300 cm³/mol. The van der Waals surface area contributed by atoms with Gasteiger partial charge in [-0.1, -0.05) is 158 Å². The van der Waals surface area contributed by atoms with Crippen molar-refractivity contribution in [1.82, 2.24) is 0 Å². The summed E-state index contributed by atoms with van der Waals surface area (Å²) in [6, 6.07) is 64.9. The van der Waals surface area contributed by atoms with E-state index in [-0.39, 0.29) is 0 Å². The van der Waals surface area contributed by atoms with E-state index in [2.05, 4.69) is 199 Å². The van der Waals surface area contributed by atoms with Gasteiger partial charge in [0.05, 0.1) is 0 Å². The quantitative estimate of drug-likeness (QED) is 0.114. The van der Waals surface area contributed by atoms with Gasteiger partial charge in [0.15, 0.2) is 0 Å². The number of anilines is 4. The first kappa shape index (κ1) is 43.9. The second kappa shape index (κ2) is 17.2. The zero-order valence-electron chi connectivity index (χ0n) is 40.6. The van der Waals surface area contributed by atoms with Gasteiger partial charge in [-0.25, -0.2) is 0 Å². The molecule has 0 saturated heterocycles. The molecule has 0 spiro atoms. The molecule has 0 unspecified atom stereocenters. The van der Waals surface area contributed by atoms with E-state index in [4.69, 9.17) is 22.9 Å². The van der Waals surface area contributed by atoms with Crippen molar-refractivity contribution in [3.63, 3.8) is 0 Å². The summed E-state index contributed by atoms with van der Waals surface area (Å²) in [6.45, 7) is 13.4. The molecule has 0 fully saturated rings. The summed E-state index contributed by atoms with van der Waals surface area (Å²) in [5.41, 5.74) is 59.7. The summed E-state index contributed by atoms with van der Waals surface area (Å²) in [4.78, 5) is 0. The third-order valence-corrected chi connectivity index (χ3v) is 15.3. The highest BCUT2D eigenvalue weighted by atomic mass is 14.6. The van der Waals surface area contributed by atoms with E-state index in [0.717, 1.165) is 72.3 Å². The minimum absolute atomic E-state index is 0.688. The van der Waals surface area contributed by atoms with Gasteiger partial charge in [-0.05, 0) is 188 Å². The zero-order valence-corrected chi connectivity index (χ0v) is 40.6. The minimum Gasteiger partial charge on any atom is -0.398 e. The molecule has 0 amide bonds. The average Bonchev–Trinajstić information content (AvgIpc) is 3.38. The van der Waals surface area contributed by atoms with Crippen LogP contribution in [-0.2, 0) is 0 Å². The van der Waals surface area contributed by atoms with E-state index in [1.807, 2.05) is 24.3 Å². The molecule has 10 aromatic rings. The maximum absolute atomic E-state index is 6.83. The van der Waals surface area contributed by atoms with E-state index in [1.165, 1.54) is 72.3 Å². The van der Waals surface area contributed by atoms with Crippen LogP contribution in [0, 0.1) is 41.5 Å². The topological polar surface area (TPSA) is 104 Å². The third kappa shape index (κ3) is 7.50. The van der Waals surface area contributed by atoms with Crippen molar-refractivity contribution in [2.75, 3.05) is 22.9 Å². The van der Waals surface area contributed by atoms with Gasteiger partial charge in [0.1, 0.15) is 0 Å². The van der Waals surface area contributed by atoms with Gasteiger partial charge >= 0.3 is 0 Å².